The van der Waals surface area contributed by atoms with Crippen LogP contribution in [0.5, 0.6) is 0 Å². The second kappa shape index (κ2) is 6.83. The second-order valence-corrected chi connectivity index (χ2v) is 5.52. The third kappa shape index (κ3) is 3.99. The van der Waals surface area contributed by atoms with Crippen LogP contribution < -0.4 is 5.32 Å². The molecule has 0 saturated carbocycles. The van der Waals surface area contributed by atoms with Crippen LogP contribution in [-0.4, -0.2) is 34.5 Å². The summed E-state index contributed by atoms with van der Waals surface area (Å²) in [6, 6.07) is -0.327. The molecular formula is C14H14ClFN8. The highest BCUT2D eigenvalue weighted by molar-refractivity contribution is 6.28. The first-order chi connectivity index (χ1) is 11.5. The fourth-order valence-electron chi connectivity index (χ4n) is 2.06. The van der Waals surface area contributed by atoms with Gasteiger partial charge in [-0.3, -0.25) is 0 Å². The van der Waals surface area contributed by atoms with Gasteiger partial charge in [-0.2, -0.15) is 9.97 Å². The normalized spacial score (nSPS) is 12.2. The fraction of sp³-hybridized carbons (Fsp3) is 0.286. The molecule has 0 bridgehead atoms. The summed E-state index contributed by atoms with van der Waals surface area (Å²) in [5.74, 6) is 0.704. The molecule has 10 heteroatoms. The minimum Gasteiger partial charge on any atom is -0.344 e. The third-order valence-electron chi connectivity index (χ3n) is 3.13. The lowest BCUT2D eigenvalue weighted by molar-refractivity contribution is 0.604. The summed E-state index contributed by atoms with van der Waals surface area (Å²) in [7, 11) is 1.88. The maximum atomic E-state index is 12.9. The highest BCUT2D eigenvalue weighted by Crippen LogP contribution is 2.15. The van der Waals surface area contributed by atoms with E-state index in [0.29, 0.717) is 24.0 Å². The summed E-state index contributed by atoms with van der Waals surface area (Å²) < 4.78 is 14.7. The number of hydrogen-bond donors (Lipinski definition) is 1. The molecule has 1 atom stereocenters. The molecular weight excluding hydrogens is 335 g/mol. The van der Waals surface area contributed by atoms with Gasteiger partial charge in [-0.05, 0) is 18.5 Å². The Bertz CT molecular complexity index is 835. The highest BCUT2D eigenvalue weighted by Gasteiger charge is 2.13. The molecule has 0 fully saturated rings. The van der Waals surface area contributed by atoms with Crippen molar-refractivity contribution in [1.29, 1.82) is 0 Å². The molecule has 0 aliphatic rings. The van der Waals surface area contributed by atoms with Crippen molar-refractivity contribution in [3.8, 4) is 0 Å². The summed E-state index contributed by atoms with van der Waals surface area (Å²) in [4.78, 5) is 24.5. The van der Waals surface area contributed by atoms with Gasteiger partial charge in [-0.15, -0.1) is 0 Å². The van der Waals surface area contributed by atoms with Gasteiger partial charge < -0.3 is 9.88 Å². The van der Waals surface area contributed by atoms with Gasteiger partial charge >= 0.3 is 0 Å². The molecule has 24 heavy (non-hydrogen) atoms. The molecule has 0 spiro atoms. The topological polar surface area (TPSA) is 94.3 Å². The molecule has 3 aromatic rings. The number of aryl methyl sites for hydroxylation is 1. The van der Waals surface area contributed by atoms with Crippen LogP contribution >= 0.6 is 11.6 Å². The standard InChI is InChI=1S/C14H14ClFN8/c1-8(12-17-4-9(16)5-18-12)20-14-22-11(21-13(15)23-14)3-10-6-24(2)7-19-10/h4-8H,3H2,1-2H3,(H,20,21,22,23)/t8-/m0/s1. The van der Waals surface area contributed by atoms with Crippen molar-refractivity contribution in [3.63, 3.8) is 0 Å². The molecule has 1 N–H and O–H groups in total. The number of nitrogens with one attached hydrogen (secondary N) is 1. The molecule has 0 aromatic carbocycles. The molecule has 0 amide bonds. The van der Waals surface area contributed by atoms with E-state index < -0.39 is 5.82 Å². The molecule has 3 heterocycles. The predicted octanol–water partition coefficient (Wildman–Crippen LogP) is 1.95. The SMILES string of the molecule is C[C@H](Nc1nc(Cl)nc(Cc2cn(C)cn2)n1)c1ncc(F)cn1. The summed E-state index contributed by atoms with van der Waals surface area (Å²) in [6.45, 7) is 1.81. The quantitative estimate of drug-likeness (QED) is 0.753. The van der Waals surface area contributed by atoms with Crippen molar-refractivity contribution in [1.82, 2.24) is 34.5 Å². The summed E-state index contributed by atoms with van der Waals surface area (Å²) in [6.07, 6.45) is 6.21. The molecule has 8 nitrogen and oxygen atoms in total. The van der Waals surface area contributed by atoms with E-state index in [1.807, 2.05) is 24.7 Å². The molecule has 0 aliphatic carbocycles. The molecule has 3 aromatic heterocycles. The van der Waals surface area contributed by atoms with Gasteiger partial charge in [-0.25, -0.2) is 24.3 Å². The first kappa shape index (κ1) is 16.2. The zero-order chi connectivity index (χ0) is 17.1. The summed E-state index contributed by atoms with van der Waals surface area (Å²) >= 11 is 5.96. The Labute approximate surface area is 142 Å². The van der Waals surface area contributed by atoms with Gasteiger partial charge in [0.2, 0.25) is 11.2 Å². The second-order valence-electron chi connectivity index (χ2n) is 5.18. The van der Waals surface area contributed by atoms with Gasteiger partial charge in [0.25, 0.3) is 0 Å². The smallest absolute Gasteiger partial charge is 0.227 e. The molecule has 3 rings (SSSR count). The zero-order valence-electron chi connectivity index (χ0n) is 13.0. The van der Waals surface area contributed by atoms with Crippen LogP contribution in [0.3, 0.4) is 0 Å². The van der Waals surface area contributed by atoms with Gasteiger partial charge in [0.1, 0.15) is 11.6 Å². The van der Waals surface area contributed by atoms with Crippen molar-refractivity contribution in [2.45, 2.75) is 19.4 Å². The first-order valence-electron chi connectivity index (χ1n) is 7.11. The van der Waals surface area contributed by atoms with E-state index in [9.17, 15) is 4.39 Å². The van der Waals surface area contributed by atoms with Crippen molar-refractivity contribution in [2.24, 2.45) is 7.05 Å². The van der Waals surface area contributed by atoms with Crippen molar-refractivity contribution >= 4 is 17.5 Å². The van der Waals surface area contributed by atoms with E-state index in [1.165, 1.54) is 0 Å². The number of anilines is 1. The highest BCUT2D eigenvalue weighted by atomic mass is 35.5. The van der Waals surface area contributed by atoms with E-state index in [0.717, 1.165) is 18.1 Å². The van der Waals surface area contributed by atoms with Gasteiger partial charge in [0.05, 0.1) is 36.9 Å². The first-order valence-corrected chi connectivity index (χ1v) is 7.48. The van der Waals surface area contributed by atoms with E-state index in [1.54, 1.807) is 6.33 Å². The van der Waals surface area contributed by atoms with Crippen molar-refractivity contribution in [3.05, 3.63) is 53.4 Å². The molecule has 0 saturated heterocycles. The van der Waals surface area contributed by atoms with Gasteiger partial charge in [0, 0.05) is 13.2 Å². The number of aromatic nitrogens is 7. The minimum atomic E-state index is -0.494. The number of rotatable bonds is 5. The van der Waals surface area contributed by atoms with Crippen molar-refractivity contribution in [2.75, 3.05) is 5.32 Å². The van der Waals surface area contributed by atoms with Crippen LogP contribution in [0.25, 0.3) is 0 Å². The third-order valence-corrected chi connectivity index (χ3v) is 3.29. The summed E-state index contributed by atoms with van der Waals surface area (Å²) in [5, 5.41) is 3.10. The average Bonchev–Trinajstić information content (AvgIpc) is 2.92. The van der Waals surface area contributed by atoms with Crippen LogP contribution in [0, 0.1) is 5.82 Å². The lowest BCUT2D eigenvalue weighted by Gasteiger charge is -2.12. The largest absolute Gasteiger partial charge is 0.344 e. The average molecular weight is 349 g/mol. The number of hydrogen-bond acceptors (Lipinski definition) is 7. The van der Waals surface area contributed by atoms with E-state index in [-0.39, 0.29) is 11.3 Å². The summed E-state index contributed by atoms with van der Waals surface area (Å²) in [5.41, 5.74) is 0.820. The Morgan fingerprint density at radius 1 is 1.21 bits per heavy atom. The van der Waals surface area contributed by atoms with Crippen LogP contribution in [0.1, 0.15) is 30.3 Å². The maximum absolute atomic E-state index is 12.9. The Hall–Kier alpha value is -2.68. The lowest BCUT2D eigenvalue weighted by atomic mass is 10.3. The van der Waals surface area contributed by atoms with Crippen molar-refractivity contribution < 1.29 is 4.39 Å². The monoisotopic (exact) mass is 348 g/mol. The Kier molecular flexibility index (Phi) is 4.61. The van der Waals surface area contributed by atoms with E-state index in [2.05, 4.69) is 35.2 Å². The Morgan fingerprint density at radius 3 is 2.62 bits per heavy atom. The van der Waals surface area contributed by atoms with Crippen LogP contribution in [-0.2, 0) is 13.5 Å². The van der Waals surface area contributed by atoms with E-state index in [4.69, 9.17) is 11.6 Å². The minimum absolute atomic E-state index is 0.0747. The zero-order valence-corrected chi connectivity index (χ0v) is 13.7. The van der Waals surface area contributed by atoms with E-state index >= 15 is 0 Å². The van der Waals surface area contributed by atoms with Crippen LogP contribution in [0.2, 0.25) is 5.28 Å². The number of halogens is 2. The Morgan fingerprint density at radius 2 is 1.96 bits per heavy atom. The predicted molar refractivity (Wildman–Crippen MR) is 84.9 cm³/mol. The fourth-order valence-corrected chi connectivity index (χ4v) is 2.24. The molecule has 0 radical (unpaired) electrons. The number of imidazole rings is 1. The maximum Gasteiger partial charge on any atom is 0.227 e. The van der Waals surface area contributed by atoms with Gasteiger partial charge in [0.15, 0.2) is 5.82 Å². The van der Waals surface area contributed by atoms with Crippen LogP contribution in [0.15, 0.2) is 24.9 Å². The Balaban J connectivity index is 1.76. The number of nitrogens with zero attached hydrogens (tertiary/aromatic N) is 7. The molecule has 0 unspecified atom stereocenters. The molecule has 124 valence electrons. The molecule has 0 aliphatic heterocycles. The lowest BCUT2D eigenvalue weighted by Crippen LogP contribution is -2.14. The van der Waals surface area contributed by atoms with Gasteiger partial charge in [-0.1, -0.05) is 0 Å². The van der Waals surface area contributed by atoms with Crippen LogP contribution in [0.4, 0.5) is 10.3 Å².